The molecule has 0 radical (unpaired) electrons. The van der Waals surface area contributed by atoms with Crippen molar-refractivity contribution < 1.29 is 14.3 Å². The topological polar surface area (TPSA) is 35.5 Å². The number of methoxy groups -OCH3 is 2. The molecule has 2 saturated carbocycles. The molecule has 1 aromatic rings. The molecule has 2 aliphatic carbocycles. The zero-order chi connectivity index (χ0) is 15.5. The van der Waals surface area contributed by atoms with Crippen LogP contribution in [0.25, 0.3) is 6.08 Å². The van der Waals surface area contributed by atoms with Crippen molar-refractivity contribution in [2.75, 3.05) is 14.2 Å². The Hall–Kier alpha value is -1.77. The molecule has 0 unspecified atom stereocenters. The molecule has 1 atom stereocenters. The molecule has 1 aromatic carbocycles. The van der Waals surface area contributed by atoms with E-state index in [0.29, 0.717) is 23.2 Å². The molecule has 118 valence electrons. The van der Waals surface area contributed by atoms with Crippen molar-refractivity contribution in [3.63, 3.8) is 0 Å². The Balaban J connectivity index is 1.79. The summed E-state index contributed by atoms with van der Waals surface area (Å²) in [6.07, 6.45) is 9.03. The average Bonchev–Trinajstić information content (AvgIpc) is 3.18. The molecule has 0 heterocycles. The summed E-state index contributed by atoms with van der Waals surface area (Å²) in [5.41, 5.74) is 1.98. The van der Waals surface area contributed by atoms with E-state index in [0.717, 1.165) is 24.0 Å². The number of hydrogen-bond acceptors (Lipinski definition) is 3. The van der Waals surface area contributed by atoms with Crippen LogP contribution in [0, 0.1) is 11.8 Å². The van der Waals surface area contributed by atoms with Crippen LogP contribution in [0.15, 0.2) is 23.8 Å². The minimum Gasteiger partial charge on any atom is -0.493 e. The van der Waals surface area contributed by atoms with Crippen LogP contribution in [-0.4, -0.2) is 20.0 Å². The quantitative estimate of drug-likeness (QED) is 0.780. The van der Waals surface area contributed by atoms with Gasteiger partial charge in [0.2, 0.25) is 0 Å². The van der Waals surface area contributed by atoms with Gasteiger partial charge in [-0.25, -0.2) is 0 Å². The van der Waals surface area contributed by atoms with Crippen molar-refractivity contribution in [3.05, 3.63) is 29.3 Å². The molecule has 0 saturated heterocycles. The van der Waals surface area contributed by atoms with Crippen LogP contribution in [0.3, 0.4) is 0 Å². The summed E-state index contributed by atoms with van der Waals surface area (Å²) in [5, 5.41) is 0. The predicted molar refractivity (Wildman–Crippen MR) is 87.2 cm³/mol. The normalized spacial score (nSPS) is 24.2. The third-order valence-electron chi connectivity index (χ3n) is 5.10. The first kappa shape index (κ1) is 15.1. The lowest BCUT2D eigenvalue weighted by Gasteiger charge is -2.15. The van der Waals surface area contributed by atoms with E-state index in [2.05, 4.69) is 0 Å². The standard InChI is InChI=1S/C19H24O3/c1-21-17-10-7-13(12-18(17)22-2)11-15-8-9-16(19(15)20)14-5-3-4-6-14/h7,10-12,14,16H,3-6,8-9H2,1-2H3/b15-11+/t16-/m0/s1. The zero-order valence-corrected chi connectivity index (χ0v) is 13.4. The van der Waals surface area contributed by atoms with Gasteiger partial charge in [-0.05, 0) is 60.9 Å². The molecule has 0 bridgehead atoms. The number of allylic oxidation sites excluding steroid dienone is 1. The highest BCUT2D eigenvalue weighted by atomic mass is 16.5. The van der Waals surface area contributed by atoms with E-state index in [9.17, 15) is 4.79 Å². The average molecular weight is 300 g/mol. The van der Waals surface area contributed by atoms with Crippen molar-refractivity contribution >= 4 is 11.9 Å². The van der Waals surface area contributed by atoms with E-state index in [1.54, 1.807) is 14.2 Å². The van der Waals surface area contributed by atoms with Gasteiger partial charge < -0.3 is 9.47 Å². The first-order valence-electron chi connectivity index (χ1n) is 8.19. The number of ketones is 1. The third-order valence-corrected chi connectivity index (χ3v) is 5.10. The summed E-state index contributed by atoms with van der Waals surface area (Å²) >= 11 is 0. The van der Waals surface area contributed by atoms with Gasteiger partial charge >= 0.3 is 0 Å². The second kappa shape index (κ2) is 6.55. The molecular formula is C19H24O3. The van der Waals surface area contributed by atoms with Crippen molar-refractivity contribution in [2.24, 2.45) is 11.8 Å². The summed E-state index contributed by atoms with van der Waals surface area (Å²) in [6, 6.07) is 5.80. The molecule has 3 rings (SSSR count). The molecule has 0 amide bonds. The lowest BCUT2D eigenvalue weighted by Crippen LogP contribution is -2.16. The Morgan fingerprint density at radius 2 is 1.77 bits per heavy atom. The molecule has 0 N–H and O–H groups in total. The number of benzene rings is 1. The van der Waals surface area contributed by atoms with Gasteiger partial charge in [-0.15, -0.1) is 0 Å². The number of carbonyl (C=O) groups is 1. The summed E-state index contributed by atoms with van der Waals surface area (Å²) < 4.78 is 10.6. The number of hydrogen-bond donors (Lipinski definition) is 0. The number of Topliss-reactive ketones (excluding diaryl/α,β-unsaturated/α-hetero) is 1. The fraction of sp³-hybridized carbons (Fsp3) is 0.526. The minimum atomic E-state index is 0.272. The molecular weight excluding hydrogens is 276 g/mol. The Bertz CT molecular complexity index is 582. The molecule has 3 heteroatoms. The third kappa shape index (κ3) is 2.90. The van der Waals surface area contributed by atoms with E-state index in [1.165, 1.54) is 25.7 Å². The highest BCUT2D eigenvalue weighted by Crippen LogP contribution is 2.41. The predicted octanol–water partition coefficient (Wildman–Crippen LogP) is 4.26. The van der Waals surface area contributed by atoms with Gasteiger partial charge in [-0.2, -0.15) is 0 Å². The van der Waals surface area contributed by atoms with Gasteiger partial charge in [0, 0.05) is 5.92 Å². The highest BCUT2D eigenvalue weighted by Gasteiger charge is 2.36. The minimum absolute atomic E-state index is 0.272. The summed E-state index contributed by atoms with van der Waals surface area (Å²) in [6.45, 7) is 0. The zero-order valence-electron chi connectivity index (χ0n) is 13.4. The van der Waals surface area contributed by atoms with Crippen LogP contribution >= 0.6 is 0 Å². The van der Waals surface area contributed by atoms with Crippen LogP contribution < -0.4 is 9.47 Å². The molecule has 22 heavy (non-hydrogen) atoms. The van der Waals surface area contributed by atoms with Crippen LogP contribution in [0.2, 0.25) is 0 Å². The molecule has 3 nitrogen and oxygen atoms in total. The van der Waals surface area contributed by atoms with Gasteiger partial charge in [-0.1, -0.05) is 18.9 Å². The smallest absolute Gasteiger partial charge is 0.162 e. The fourth-order valence-electron chi connectivity index (χ4n) is 3.90. The van der Waals surface area contributed by atoms with Gasteiger partial charge in [0.05, 0.1) is 14.2 Å². The van der Waals surface area contributed by atoms with Crippen molar-refractivity contribution in [2.45, 2.75) is 38.5 Å². The summed E-state index contributed by atoms with van der Waals surface area (Å²) in [4.78, 5) is 12.7. The molecule has 2 aliphatic rings. The molecule has 0 aliphatic heterocycles. The largest absolute Gasteiger partial charge is 0.493 e. The van der Waals surface area contributed by atoms with E-state index in [1.807, 2.05) is 24.3 Å². The van der Waals surface area contributed by atoms with Crippen molar-refractivity contribution in [3.8, 4) is 11.5 Å². The highest BCUT2D eigenvalue weighted by molar-refractivity contribution is 6.03. The fourth-order valence-corrected chi connectivity index (χ4v) is 3.90. The van der Waals surface area contributed by atoms with E-state index < -0.39 is 0 Å². The monoisotopic (exact) mass is 300 g/mol. The van der Waals surface area contributed by atoms with Crippen molar-refractivity contribution in [1.29, 1.82) is 0 Å². The van der Waals surface area contributed by atoms with Crippen LogP contribution in [0.5, 0.6) is 11.5 Å². The Morgan fingerprint density at radius 1 is 1.05 bits per heavy atom. The molecule has 2 fully saturated rings. The Labute approximate surface area is 132 Å². The van der Waals surface area contributed by atoms with Gasteiger partial charge in [0.15, 0.2) is 17.3 Å². The van der Waals surface area contributed by atoms with Gasteiger partial charge in [0.25, 0.3) is 0 Å². The number of rotatable bonds is 4. The van der Waals surface area contributed by atoms with Crippen molar-refractivity contribution in [1.82, 2.24) is 0 Å². The lowest BCUT2D eigenvalue weighted by atomic mass is 9.88. The maximum atomic E-state index is 12.7. The summed E-state index contributed by atoms with van der Waals surface area (Å²) in [5.74, 6) is 2.69. The lowest BCUT2D eigenvalue weighted by molar-refractivity contribution is -0.119. The van der Waals surface area contributed by atoms with E-state index in [-0.39, 0.29) is 5.92 Å². The van der Waals surface area contributed by atoms with Gasteiger partial charge in [-0.3, -0.25) is 4.79 Å². The SMILES string of the molecule is COc1ccc(/C=C2\CC[C@@H](C3CCCC3)C2=O)cc1OC. The van der Waals surface area contributed by atoms with Crippen LogP contribution in [0.4, 0.5) is 0 Å². The van der Waals surface area contributed by atoms with E-state index >= 15 is 0 Å². The van der Waals surface area contributed by atoms with Crippen LogP contribution in [-0.2, 0) is 4.79 Å². The molecule has 0 aromatic heterocycles. The second-order valence-corrected chi connectivity index (χ2v) is 6.34. The maximum absolute atomic E-state index is 12.7. The Kier molecular flexibility index (Phi) is 4.51. The first-order chi connectivity index (χ1) is 10.7. The maximum Gasteiger partial charge on any atom is 0.162 e. The second-order valence-electron chi connectivity index (χ2n) is 6.34. The Morgan fingerprint density at radius 3 is 2.45 bits per heavy atom. The number of ether oxygens (including phenoxy) is 2. The first-order valence-corrected chi connectivity index (χ1v) is 8.19. The van der Waals surface area contributed by atoms with Gasteiger partial charge in [0.1, 0.15) is 0 Å². The van der Waals surface area contributed by atoms with Crippen LogP contribution in [0.1, 0.15) is 44.1 Å². The summed E-state index contributed by atoms with van der Waals surface area (Å²) in [7, 11) is 3.26. The van der Waals surface area contributed by atoms with E-state index in [4.69, 9.17) is 9.47 Å². The molecule has 0 spiro atoms. The number of carbonyl (C=O) groups excluding carboxylic acids is 1.